The third-order valence-corrected chi connectivity index (χ3v) is 8.52. The molecule has 0 amide bonds. The van der Waals surface area contributed by atoms with Crippen molar-refractivity contribution < 1.29 is 21.6 Å². The zero-order chi connectivity index (χ0) is 28.5. The van der Waals surface area contributed by atoms with E-state index < -0.39 is 22.6 Å². The largest absolute Gasteiger partial charge is 0.406 e. The van der Waals surface area contributed by atoms with Crippen molar-refractivity contribution in [3.8, 4) is 11.3 Å². The summed E-state index contributed by atoms with van der Waals surface area (Å²) >= 11 is 0. The van der Waals surface area contributed by atoms with Crippen molar-refractivity contribution >= 4 is 32.1 Å². The van der Waals surface area contributed by atoms with Crippen molar-refractivity contribution in [3.63, 3.8) is 0 Å². The number of likely N-dealkylation sites (tertiary alicyclic amines) is 1. The summed E-state index contributed by atoms with van der Waals surface area (Å²) in [5.74, 6) is 0. The molecule has 10 heteroatoms. The highest BCUT2D eigenvalue weighted by Crippen LogP contribution is 2.36. The van der Waals surface area contributed by atoms with E-state index in [4.69, 9.17) is 0 Å². The second-order valence-electron chi connectivity index (χ2n) is 10.5. The first-order valence-electron chi connectivity index (χ1n) is 13.2. The standard InChI is InChI=1S/C30H33F3N4O2S/c1-36-16-14-24(15-17-36)35-27-4-3-5-28-26(27)18-29(37(28)20-30(31,32)33)22-8-6-21(7-9-22)19-34-23-10-12-25(13-11-23)40(2,38)39/h3-13,18,24,34-35H,14-17,19-20H2,1-2H3. The fourth-order valence-electron chi connectivity index (χ4n) is 5.19. The highest BCUT2D eigenvalue weighted by molar-refractivity contribution is 7.90. The molecule has 1 fully saturated rings. The molecule has 1 aliphatic rings. The smallest absolute Gasteiger partial charge is 0.382 e. The van der Waals surface area contributed by atoms with Gasteiger partial charge in [-0.25, -0.2) is 8.42 Å². The molecule has 0 atom stereocenters. The number of sulfone groups is 1. The van der Waals surface area contributed by atoms with Crippen LogP contribution in [0.2, 0.25) is 0 Å². The molecule has 0 bridgehead atoms. The molecule has 2 heterocycles. The van der Waals surface area contributed by atoms with Gasteiger partial charge >= 0.3 is 6.18 Å². The lowest BCUT2D eigenvalue weighted by atomic mass is 10.0. The van der Waals surface area contributed by atoms with Crippen LogP contribution in [0.15, 0.2) is 77.7 Å². The van der Waals surface area contributed by atoms with Crippen LogP contribution in [0.1, 0.15) is 18.4 Å². The minimum absolute atomic E-state index is 0.251. The summed E-state index contributed by atoms with van der Waals surface area (Å²) in [7, 11) is -1.16. The zero-order valence-corrected chi connectivity index (χ0v) is 23.3. The van der Waals surface area contributed by atoms with E-state index in [1.165, 1.54) is 4.57 Å². The summed E-state index contributed by atoms with van der Waals surface area (Å²) in [6.45, 7) is 1.38. The Morgan fingerprint density at radius 1 is 0.950 bits per heavy atom. The third-order valence-electron chi connectivity index (χ3n) is 7.39. The molecule has 5 rings (SSSR count). The molecule has 40 heavy (non-hydrogen) atoms. The average molecular weight is 571 g/mol. The second-order valence-corrected chi connectivity index (χ2v) is 12.6. The van der Waals surface area contributed by atoms with Gasteiger partial charge in [-0.05, 0) is 86.6 Å². The molecule has 1 saturated heterocycles. The molecule has 0 saturated carbocycles. The number of hydrogen-bond donors (Lipinski definition) is 2. The first-order chi connectivity index (χ1) is 19.0. The Kier molecular flexibility index (Phi) is 7.83. The molecule has 2 N–H and O–H groups in total. The van der Waals surface area contributed by atoms with E-state index in [1.54, 1.807) is 30.3 Å². The molecule has 6 nitrogen and oxygen atoms in total. The quantitative estimate of drug-likeness (QED) is 0.257. The van der Waals surface area contributed by atoms with Gasteiger partial charge in [0.25, 0.3) is 0 Å². The number of halogens is 3. The van der Waals surface area contributed by atoms with Gasteiger partial charge in [0, 0.05) is 41.3 Å². The molecule has 212 valence electrons. The lowest BCUT2D eigenvalue weighted by Crippen LogP contribution is -2.36. The van der Waals surface area contributed by atoms with Crippen LogP contribution >= 0.6 is 0 Å². The maximum absolute atomic E-state index is 13.7. The van der Waals surface area contributed by atoms with Gasteiger partial charge < -0.3 is 20.1 Å². The monoisotopic (exact) mass is 570 g/mol. The van der Waals surface area contributed by atoms with Gasteiger partial charge in [-0.15, -0.1) is 0 Å². The number of anilines is 2. The van der Waals surface area contributed by atoms with E-state index in [2.05, 4.69) is 22.6 Å². The highest BCUT2D eigenvalue weighted by atomic mass is 32.2. The lowest BCUT2D eigenvalue weighted by molar-refractivity contribution is -0.139. The minimum atomic E-state index is -4.37. The number of rotatable bonds is 8. The van der Waals surface area contributed by atoms with Crippen LogP contribution in [-0.2, 0) is 22.9 Å². The Labute approximate surface area is 232 Å². The fraction of sp³-hybridized carbons (Fsp3) is 0.333. The Morgan fingerprint density at radius 2 is 1.62 bits per heavy atom. The van der Waals surface area contributed by atoms with Crippen molar-refractivity contribution in [1.82, 2.24) is 9.47 Å². The Bertz CT molecular complexity index is 1570. The summed E-state index contributed by atoms with van der Waals surface area (Å²) in [4.78, 5) is 2.53. The van der Waals surface area contributed by atoms with Crippen molar-refractivity contribution in [2.45, 2.75) is 43.0 Å². The summed E-state index contributed by atoms with van der Waals surface area (Å²) in [6.07, 6.45) is -1.23. The van der Waals surface area contributed by atoms with Crippen LogP contribution in [0.3, 0.4) is 0 Å². The van der Waals surface area contributed by atoms with Crippen LogP contribution < -0.4 is 10.6 Å². The Morgan fingerprint density at radius 3 is 2.25 bits per heavy atom. The number of aromatic nitrogens is 1. The van der Waals surface area contributed by atoms with Crippen LogP contribution in [0.5, 0.6) is 0 Å². The third kappa shape index (κ3) is 6.62. The van der Waals surface area contributed by atoms with E-state index in [-0.39, 0.29) is 10.9 Å². The first kappa shape index (κ1) is 28.0. The number of alkyl halides is 3. The Hall–Kier alpha value is -3.50. The predicted octanol–water partition coefficient (Wildman–Crippen LogP) is 6.39. The molecule has 1 aromatic heterocycles. The van der Waals surface area contributed by atoms with E-state index in [0.717, 1.165) is 54.5 Å². The maximum Gasteiger partial charge on any atom is 0.406 e. The molecule has 0 spiro atoms. The molecular formula is C30H33F3N4O2S. The number of piperidine rings is 1. The van der Waals surface area contributed by atoms with Gasteiger partial charge in [0.1, 0.15) is 6.54 Å². The van der Waals surface area contributed by atoms with Gasteiger partial charge in [0.05, 0.1) is 10.4 Å². The van der Waals surface area contributed by atoms with Gasteiger partial charge in [0.2, 0.25) is 0 Å². The van der Waals surface area contributed by atoms with Gasteiger partial charge in [-0.2, -0.15) is 13.2 Å². The number of hydrogen-bond acceptors (Lipinski definition) is 5. The summed E-state index contributed by atoms with van der Waals surface area (Å²) in [6, 6.07) is 21.6. The lowest BCUT2D eigenvalue weighted by Gasteiger charge is -2.30. The van der Waals surface area contributed by atoms with Crippen molar-refractivity contribution in [2.75, 3.05) is 37.0 Å². The van der Waals surface area contributed by atoms with Crippen molar-refractivity contribution in [1.29, 1.82) is 0 Å². The summed E-state index contributed by atoms with van der Waals surface area (Å²) in [5.41, 5.74) is 4.34. The number of nitrogens with one attached hydrogen (secondary N) is 2. The van der Waals surface area contributed by atoms with Crippen LogP contribution in [0.4, 0.5) is 24.5 Å². The fourth-order valence-corrected chi connectivity index (χ4v) is 5.82. The number of benzene rings is 3. The first-order valence-corrected chi connectivity index (χ1v) is 15.1. The summed E-state index contributed by atoms with van der Waals surface area (Å²) in [5, 5.41) is 7.62. The molecular weight excluding hydrogens is 537 g/mol. The topological polar surface area (TPSA) is 66.4 Å². The average Bonchev–Trinajstić information content (AvgIpc) is 3.26. The highest BCUT2D eigenvalue weighted by Gasteiger charge is 2.30. The van der Waals surface area contributed by atoms with Crippen LogP contribution in [-0.4, -0.2) is 56.5 Å². The molecule has 4 aromatic rings. The normalized spacial score (nSPS) is 15.4. The SMILES string of the molecule is CN1CCC(Nc2cccc3c2cc(-c2ccc(CNc4ccc(S(C)(=O)=O)cc4)cc2)n3CC(F)(F)F)CC1. The van der Waals surface area contributed by atoms with Crippen LogP contribution in [0, 0.1) is 0 Å². The number of fused-ring (bicyclic) bond motifs is 1. The predicted molar refractivity (Wildman–Crippen MR) is 154 cm³/mol. The molecule has 3 aromatic carbocycles. The van der Waals surface area contributed by atoms with Gasteiger partial charge in [-0.3, -0.25) is 0 Å². The molecule has 0 aliphatic carbocycles. The Balaban J connectivity index is 1.39. The van der Waals surface area contributed by atoms with E-state index in [9.17, 15) is 21.6 Å². The van der Waals surface area contributed by atoms with Crippen molar-refractivity contribution in [3.05, 3.63) is 78.4 Å². The van der Waals surface area contributed by atoms with Gasteiger partial charge in [0.15, 0.2) is 9.84 Å². The van der Waals surface area contributed by atoms with E-state index in [0.29, 0.717) is 23.3 Å². The number of nitrogens with zero attached hydrogens (tertiary/aromatic N) is 2. The van der Waals surface area contributed by atoms with Crippen LogP contribution in [0.25, 0.3) is 22.2 Å². The van der Waals surface area contributed by atoms with E-state index in [1.807, 2.05) is 42.5 Å². The maximum atomic E-state index is 13.7. The van der Waals surface area contributed by atoms with Gasteiger partial charge in [-0.1, -0.05) is 30.3 Å². The minimum Gasteiger partial charge on any atom is -0.382 e. The van der Waals surface area contributed by atoms with Crippen molar-refractivity contribution in [2.24, 2.45) is 0 Å². The molecule has 1 aliphatic heterocycles. The second kappa shape index (κ2) is 11.2. The molecule has 0 radical (unpaired) electrons. The van der Waals surface area contributed by atoms with E-state index >= 15 is 0 Å². The zero-order valence-electron chi connectivity index (χ0n) is 22.5. The molecule has 0 unspecified atom stereocenters. The summed E-state index contributed by atoms with van der Waals surface area (Å²) < 4.78 is 65.7.